The van der Waals surface area contributed by atoms with Gasteiger partial charge in [0.25, 0.3) is 0 Å². The van der Waals surface area contributed by atoms with Gasteiger partial charge in [0, 0.05) is 0 Å². The number of aryl methyl sites for hydroxylation is 1. The number of halogens is 2. The maximum atomic E-state index is 9.57. The Bertz CT molecular complexity index is 917. The topological polar surface area (TPSA) is 32.3 Å². The first-order chi connectivity index (χ1) is 12.0. The van der Waals surface area contributed by atoms with Crippen LogP contribution in [0.2, 0.25) is 8.76 Å². The van der Waals surface area contributed by atoms with Crippen LogP contribution >= 0.6 is 24.8 Å². The van der Waals surface area contributed by atoms with Gasteiger partial charge in [0.1, 0.15) is 0 Å². The predicted octanol–water partition coefficient (Wildman–Crippen LogP) is 5.31. The van der Waals surface area contributed by atoms with Gasteiger partial charge < -0.3 is 0 Å². The second-order valence-corrected chi connectivity index (χ2v) is 23.9. The summed E-state index contributed by atoms with van der Waals surface area (Å²) in [6, 6.07) is 13.3. The molecule has 1 aliphatic carbocycles. The van der Waals surface area contributed by atoms with Crippen molar-refractivity contribution in [1.29, 1.82) is 0 Å². The van der Waals surface area contributed by atoms with Gasteiger partial charge in [0.2, 0.25) is 0 Å². The third-order valence-corrected chi connectivity index (χ3v) is 18.8. The summed E-state index contributed by atoms with van der Waals surface area (Å²) >= 11 is -3.77. The van der Waals surface area contributed by atoms with Crippen LogP contribution in [0.5, 0.6) is 0 Å². The van der Waals surface area contributed by atoms with E-state index in [1.54, 1.807) is 0 Å². The van der Waals surface area contributed by atoms with Crippen molar-refractivity contribution in [2.24, 2.45) is 0 Å². The van der Waals surface area contributed by atoms with Crippen molar-refractivity contribution >= 4 is 32.3 Å². The minimum absolute atomic E-state index is 0. The molecule has 28 heavy (non-hydrogen) atoms. The molecule has 0 spiro atoms. The van der Waals surface area contributed by atoms with Crippen molar-refractivity contribution in [2.45, 2.75) is 54.8 Å². The number of rotatable bonds is 5. The molecule has 156 valence electrons. The molecule has 0 unspecified atom stereocenters. The molecule has 0 fully saturated rings. The monoisotopic (exact) mass is 501 g/mol. The fourth-order valence-electron chi connectivity index (χ4n) is 5.24. The number of fused-ring (bicyclic) bond motifs is 3. The van der Waals surface area contributed by atoms with E-state index < -0.39 is 18.6 Å². The zero-order valence-electron chi connectivity index (χ0n) is 17.8. The van der Waals surface area contributed by atoms with Gasteiger partial charge in [-0.25, -0.2) is 0 Å². The molecule has 0 radical (unpaired) electrons. The van der Waals surface area contributed by atoms with Gasteiger partial charge in [-0.05, 0) is 0 Å². The second kappa shape index (κ2) is 8.82. The average molecular weight is 504 g/mol. The summed E-state index contributed by atoms with van der Waals surface area (Å²) in [5.74, 6) is 0. The van der Waals surface area contributed by atoms with Crippen molar-refractivity contribution in [3.8, 4) is 11.1 Å². The summed E-state index contributed by atoms with van der Waals surface area (Å²) in [5, 5.41) is 9.57. The maximum absolute atomic E-state index is 9.57. The molecule has 2 nitrogen and oxygen atoms in total. The zero-order chi connectivity index (χ0) is 19.2. The van der Waals surface area contributed by atoms with E-state index in [4.69, 9.17) is 4.21 Å². The Balaban J connectivity index is 0.00000196. The molecule has 3 rings (SSSR count). The molecule has 0 aromatic heterocycles. The molecule has 0 aliphatic heterocycles. The SMILES string of the molecule is Cl.Cl.[CH2]=[Zr]([CH3])([CH2]CCO)([NH]C(C)(C)C)[c]1c(C)ccc2c1Cc1ccccc1-2. The summed E-state index contributed by atoms with van der Waals surface area (Å²) < 4.78 is 13.9. The van der Waals surface area contributed by atoms with Crippen molar-refractivity contribution in [1.82, 2.24) is 3.26 Å². The molecule has 0 bridgehead atoms. The van der Waals surface area contributed by atoms with Crippen LogP contribution in [-0.4, -0.2) is 21.5 Å². The van der Waals surface area contributed by atoms with Crippen LogP contribution in [0.3, 0.4) is 0 Å². The third kappa shape index (κ3) is 4.87. The Hall–Kier alpha value is -0.307. The normalized spacial score (nSPS) is 13.2. The van der Waals surface area contributed by atoms with Gasteiger partial charge in [0.15, 0.2) is 0 Å². The van der Waals surface area contributed by atoms with Gasteiger partial charge in [-0.3, -0.25) is 0 Å². The van der Waals surface area contributed by atoms with Crippen LogP contribution in [0.4, 0.5) is 0 Å². The van der Waals surface area contributed by atoms with Crippen molar-refractivity contribution in [2.75, 3.05) is 6.61 Å². The van der Waals surface area contributed by atoms with Crippen LogP contribution in [0, 0.1) is 6.92 Å². The molecule has 0 atom stereocenters. The minimum atomic E-state index is -3.77. The molecule has 2 aromatic rings. The van der Waals surface area contributed by atoms with E-state index in [0.29, 0.717) is 0 Å². The van der Waals surface area contributed by atoms with E-state index in [0.717, 1.165) is 17.0 Å². The third-order valence-electron chi connectivity index (χ3n) is 5.68. The first-order valence-corrected chi connectivity index (χ1v) is 18.1. The van der Waals surface area contributed by atoms with Gasteiger partial charge >= 0.3 is 160 Å². The molecule has 5 heteroatoms. The Kier molecular flexibility index (Phi) is 8.11. The molecule has 0 heterocycles. The van der Waals surface area contributed by atoms with E-state index in [9.17, 15) is 5.11 Å². The van der Waals surface area contributed by atoms with E-state index in [-0.39, 0.29) is 37.0 Å². The standard InChI is InChI=1S/C14H11.C4H10N.C3H7O.CH3.CH2.2ClH.Zr/c1-10-6-7-14-12(8-10)9-11-4-2-3-5-13(11)14;1-4(2,3)5;1-2-3-4;;;;;/h2-7H,9H2,1H3;5H,1-3H3;4H,1-3H2;1H3;1H2;2*1H;/q;-1;;;;;;+1. The van der Waals surface area contributed by atoms with Gasteiger partial charge in [0.05, 0.1) is 0 Å². The summed E-state index contributed by atoms with van der Waals surface area (Å²) in [5.41, 5.74) is 7.01. The Morgan fingerprint density at radius 3 is 2.32 bits per heavy atom. The van der Waals surface area contributed by atoms with Crippen LogP contribution in [0.15, 0.2) is 36.4 Å². The number of benzene rings is 2. The number of hydrogen-bond acceptors (Lipinski definition) is 2. The van der Waals surface area contributed by atoms with Crippen molar-refractivity contribution in [3.63, 3.8) is 0 Å². The Morgan fingerprint density at radius 1 is 1.07 bits per heavy atom. The summed E-state index contributed by atoms with van der Waals surface area (Å²) in [4.78, 5) is 0. The molecule has 0 amide bonds. The number of aliphatic hydroxyl groups is 1. The van der Waals surface area contributed by atoms with E-state index in [2.05, 4.69) is 72.0 Å². The van der Waals surface area contributed by atoms with Gasteiger partial charge in [-0.1, -0.05) is 0 Å². The Morgan fingerprint density at radius 2 is 1.71 bits per heavy atom. The van der Waals surface area contributed by atoms with Crippen LogP contribution < -0.4 is 6.53 Å². The first-order valence-electron chi connectivity index (χ1n) is 9.72. The van der Waals surface area contributed by atoms with E-state index >= 15 is 0 Å². The molecule has 0 saturated carbocycles. The molecule has 0 saturated heterocycles. The number of hydrogen-bond donors (Lipinski definition) is 2. The zero-order valence-corrected chi connectivity index (χ0v) is 21.9. The van der Waals surface area contributed by atoms with Gasteiger partial charge in [-0.15, -0.1) is 24.8 Å². The number of nitrogens with one attached hydrogen (secondary N) is 1. The quantitative estimate of drug-likeness (QED) is 0.495. The summed E-state index contributed by atoms with van der Waals surface area (Å²) in [6.45, 7) is 9.18. The Labute approximate surface area is 184 Å². The van der Waals surface area contributed by atoms with Crippen LogP contribution in [-0.2, 0) is 25.0 Å². The van der Waals surface area contributed by atoms with Gasteiger partial charge in [-0.2, -0.15) is 0 Å². The van der Waals surface area contributed by atoms with E-state index in [1.807, 2.05) is 0 Å². The molecule has 2 aromatic carbocycles. The fourth-order valence-corrected chi connectivity index (χ4v) is 20.3. The first kappa shape index (κ1) is 25.7. The van der Waals surface area contributed by atoms with Crippen molar-refractivity contribution < 1.29 is 23.7 Å². The number of aliphatic hydroxyl groups excluding tert-OH is 1. The van der Waals surface area contributed by atoms with Crippen molar-refractivity contribution in [3.05, 3.63) is 53.1 Å². The van der Waals surface area contributed by atoms with E-state index in [1.165, 1.54) is 31.1 Å². The molecule has 2 N–H and O–H groups in total. The van der Waals surface area contributed by atoms with Crippen LogP contribution in [0.1, 0.15) is 43.9 Å². The summed E-state index contributed by atoms with van der Waals surface area (Å²) in [6.07, 6.45) is 1.81. The summed E-state index contributed by atoms with van der Waals surface area (Å²) in [7, 11) is 0. The second-order valence-electron chi connectivity index (χ2n) is 9.61. The fraction of sp³-hybridized carbons (Fsp3) is 0.435. The molecule has 1 aliphatic rings. The predicted molar refractivity (Wildman–Crippen MR) is 126 cm³/mol. The molecular weight excluding hydrogens is 468 g/mol. The van der Waals surface area contributed by atoms with Crippen LogP contribution in [0.25, 0.3) is 11.1 Å². The average Bonchev–Trinajstić information content (AvgIpc) is 2.88. The molecular formula is C23H35Cl2NOZr.